The molecule has 1 amide bonds. The number of carboxylic acids is 2. The minimum atomic E-state index is -1.02. The number of aromatic amines is 1. The fourth-order valence-electron chi connectivity index (χ4n) is 3.72. The number of aromatic nitrogens is 1. The van der Waals surface area contributed by atoms with Gasteiger partial charge >= 0.3 is 11.9 Å². The lowest BCUT2D eigenvalue weighted by molar-refractivity contribution is -0.144. The van der Waals surface area contributed by atoms with Gasteiger partial charge < -0.3 is 25.4 Å². The monoisotopic (exact) mass is 402 g/mol. The van der Waals surface area contributed by atoms with Crippen molar-refractivity contribution in [2.24, 2.45) is 0 Å². The first-order valence-corrected chi connectivity index (χ1v) is 9.71. The zero-order valence-electron chi connectivity index (χ0n) is 16.4. The highest BCUT2D eigenvalue weighted by Gasteiger charge is 2.31. The number of carboxylic acid groups (broad SMARTS) is 2. The molecule has 4 N–H and O–H groups in total. The lowest BCUT2D eigenvalue weighted by Crippen LogP contribution is -2.49. The molecule has 156 valence electrons. The summed E-state index contributed by atoms with van der Waals surface area (Å²) in [7, 11) is 0. The first kappa shape index (κ1) is 20.8. The smallest absolute Gasteiger partial charge is 0.325 e. The molecule has 9 heteroatoms. The van der Waals surface area contributed by atoms with Crippen LogP contribution >= 0.6 is 0 Å². The molecule has 2 aromatic rings. The van der Waals surface area contributed by atoms with Crippen molar-refractivity contribution in [3.8, 4) is 0 Å². The second-order valence-electron chi connectivity index (χ2n) is 7.16. The van der Waals surface area contributed by atoms with Gasteiger partial charge in [-0.05, 0) is 18.7 Å². The first-order chi connectivity index (χ1) is 13.9. The van der Waals surface area contributed by atoms with Crippen LogP contribution in [0.2, 0.25) is 0 Å². The second kappa shape index (κ2) is 9.06. The zero-order chi connectivity index (χ0) is 21.0. The third kappa shape index (κ3) is 4.93. The maximum atomic E-state index is 12.1. The summed E-state index contributed by atoms with van der Waals surface area (Å²) in [5, 5.41) is 22.0. The Morgan fingerprint density at radius 1 is 1.14 bits per heavy atom. The topological polar surface area (TPSA) is 126 Å². The maximum Gasteiger partial charge on any atom is 0.325 e. The Morgan fingerprint density at radius 3 is 2.48 bits per heavy atom. The van der Waals surface area contributed by atoms with E-state index in [9.17, 15) is 19.5 Å². The van der Waals surface area contributed by atoms with Gasteiger partial charge in [0.2, 0.25) is 5.91 Å². The number of rotatable bonds is 8. The average molecular weight is 402 g/mol. The van der Waals surface area contributed by atoms with Crippen molar-refractivity contribution in [2.45, 2.75) is 25.8 Å². The Balaban J connectivity index is 1.78. The summed E-state index contributed by atoms with van der Waals surface area (Å²) in [4.78, 5) is 41.9. The second-order valence-corrected chi connectivity index (χ2v) is 7.16. The number of piperazine rings is 1. The van der Waals surface area contributed by atoms with E-state index in [1.165, 1.54) is 0 Å². The number of H-pyrrole nitrogens is 1. The van der Waals surface area contributed by atoms with E-state index in [0.29, 0.717) is 24.3 Å². The molecule has 3 rings (SSSR count). The molecule has 1 aromatic carbocycles. The van der Waals surface area contributed by atoms with Gasteiger partial charge in [0.05, 0.1) is 6.42 Å². The molecule has 1 saturated heterocycles. The molecule has 0 saturated carbocycles. The molecule has 2 heterocycles. The van der Waals surface area contributed by atoms with Crippen LogP contribution in [0.15, 0.2) is 24.4 Å². The number of nitrogens with zero attached hydrogens (tertiary/aromatic N) is 2. The summed E-state index contributed by atoms with van der Waals surface area (Å²) in [6.07, 6.45) is 1.38. The van der Waals surface area contributed by atoms with Crippen LogP contribution in [0, 0.1) is 0 Å². The van der Waals surface area contributed by atoms with Gasteiger partial charge in [0.15, 0.2) is 0 Å². The fourth-order valence-corrected chi connectivity index (χ4v) is 3.72. The molecule has 0 spiro atoms. The molecule has 0 radical (unpaired) electrons. The van der Waals surface area contributed by atoms with Gasteiger partial charge in [-0.2, -0.15) is 0 Å². The molecule has 1 aliphatic rings. The van der Waals surface area contributed by atoms with Crippen molar-refractivity contribution in [1.29, 1.82) is 0 Å². The molecule has 29 heavy (non-hydrogen) atoms. The summed E-state index contributed by atoms with van der Waals surface area (Å²) in [6.45, 7) is 6.12. The molecule has 1 fully saturated rings. The summed E-state index contributed by atoms with van der Waals surface area (Å²) in [6, 6.07) is 4.47. The molecule has 1 aromatic heterocycles. The van der Waals surface area contributed by atoms with Crippen LogP contribution in [0.25, 0.3) is 10.9 Å². The number of carbonyl (C=O) groups is 3. The summed E-state index contributed by atoms with van der Waals surface area (Å²) in [5.74, 6) is -2.29. The van der Waals surface area contributed by atoms with Crippen molar-refractivity contribution in [3.05, 3.63) is 30.0 Å². The summed E-state index contributed by atoms with van der Waals surface area (Å²) < 4.78 is 0. The Morgan fingerprint density at radius 2 is 1.86 bits per heavy atom. The summed E-state index contributed by atoms with van der Waals surface area (Å²) >= 11 is 0. The highest BCUT2D eigenvalue weighted by atomic mass is 16.4. The highest BCUT2D eigenvalue weighted by Crippen LogP contribution is 2.31. The molecular formula is C20H26N4O5. The number of benzene rings is 1. The molecule has 0 unspecified atom stereocenters. The number of nitrogens with one attached hydrogen (secondary N) is 2. The van der Waals surface area contributed by atoms with E-state index in [-0.39, 0.29) is 18.7 Å². The highest BCUT2D eigenvalue weighted by molar-refractivity contribution is 5.96. The van der Waals surface area contributed by atoms with E-state index in [2.05, 4.69) is 22.1 Å². The fraction of sp³-hybridized carbons (Fsp3) is 0.450. The van der Waals surface area contributed by atoms with Crippen LogP contribution in [0.4, 0.5) is 5.69 Å². The first-order valence-electron chi connectivity index (χ1n) is 9.71. The molecular weight excluding hydrogens is 376 g/mol. The van der Waals surface area contributed by atoms with Crippen LogP contribution in [-0.4, -0.2) is 75.6 Å². The SMILES string of the molecule is CCN1CCN([C@@H](C(=O)O)c2c[nH]c3cc(NC(=O)CCC(=O)O)ccc23)CC1. The minimum absolute atomic E-state index is 0.103. The third-order valence-electron chi connectivity index (χ3n) is 5.31. The Kier molecular flexibility index (Phi) is 6.50. The van der Waals surface area contributed by atoms with Gasteiger partial charge in [-0.3, -0.25) is 19.3 Å². The van der Waals surface area contributed by atoms with Crippen LogP contribution in [-0.2, 0) is 14.4 Å². The van der Waals surface area contributed by atoms with Crippen molar-refractivity contribution in [3.63, 3.8) is 0 Å². The van der Waals surface area contributed by atoms with E-state index >= 15 is 0 Å². The Labute approximate surface area is 168 Å². The van der Waals surface area contributed by atoms with Gasteiger partial charge in [-0.25, -0.2) is 0 Å². The summed E-state index contributed by atoms with van der Waals surface area (Å²) in [5.41, 5.74) is 1.94. The maximum absolute atomic E-state index is 12.1. The average Bonchev–Trinajstić information content (AvgIpc) is 3.09. The van der Waals surface area contributed by atoms with Crippen molar-refractivity contribution in [2.75, 3.05) is 38.0 Å². The standard InChI is InChI=1S/C20H26N4O5/c1-2-23-7-9-24(10-8-23)19(20(28)29)15-12-21-16-11-13(3-4-14(15)16)22-17(25)5-6-18(26)27/h3-4,11-12,19,21H,2,5-10H2,1H3,(H,22,25)(H,26,27)(H,28,29)/t19-/m1/s1. The third-order valence-corrected chi connectivity index (χ3v) is 5.31. The van der Waals surface area contributed by atoms with Crippen LogP contribution in [0.1, 0.15) is 31.4 Å². The number of likely N-dealkylation sites (N-methyl/N-ethyl adjacent to an activating group) is 1. The van der Waals surface area contributed by atoms with E-state index in [0.717, 1.165) is 30.5 Å². The largest absolute Gasteiger partial charge is 0.481 e. The van der Waals surface area contributed by atoms with Gasteiger partial charge in [-0.1, -0.05) is 13.0 Å². The van der Waals surface area contributed by atoms with Gasteiger partial charge in [0, 0.05) is 61.0 Å². The Bertz CT molecular complexity index is 901. The lowest BCUT2D eigenvalue weighted by Gasteiger charge is -2.37. The number of hydrogen-bond acceptors (Lipinski definition) is 5. The number of anilines is 1. The van der Waals surface area contributed by atoms with Gasteiger partial charge in [-0.15, -0.1) is 0 Å². The zero-order valence-corrected chi connectivity index (χ0v) is 16.4. The van der Waals surface area contributed by atoms with Crippen molar-refractivity contribution >= 4 is 34.4 Å². The van der Waals surface area contributed by atoms with Crippen LogP contribution < -0.4 is 5.32 Å². The van der Waals surface area contributed by atoms with E-state index in [1.54, 1.807) is 24.4 Å². The van der Waals surface area contributed by atoms with Gasteiger partial charge in [0.25, 0.3) is 0 Å². The number of amides is 1. The minimum Gasteiger partial charge on any atom is -0.481 e. The molecule has 1 atom stereocenters. The molecule has 9 nitrogen and oxygen atoms in total. The van der Waals surface area contributed by atoms with Gasteiger partial charge in [0.1, 0.15) is 6.04 Å². The predicted octanol–water partition coefficient (Wildman–Crippen LogP) is 1.73. The molecule has 1 aliphatic heterocycles. The van der Waals surface area contributed by atoms with Crippen molar-refractivity contribution in [1.82, 2.24) is 14.8 Å². The molecule has 0 aliphatic carbocycles. The quantitative estimate of drug-likeness (QED) is 0.530. The predicted molar refractivity (Wildman–Crippen MR) is 108 cm³/mol. The number of fused-ring (bicyclic) bond motifs is 1. The Hall–Kier alpha value is -2.91. The number of aliphatic carboxylic acids is 2. The number of carbonyl (C=O) groups excluding carboxylic acids is 1. The van der Waals surface area contributed by atoms with Crippen molar-refractivity contribution < 1.29 is 24.6 Å². The van der Waals surface area contributed by atoms with Crippen LogP contribution in [0.3, 0.4) is 0 Å². The van der Waals surface area contributed by atoms with Crippen LogP contribution in [0.5, 0.6) is 0 Å². The normalized spacial score (nSPS) is 16.6. The van der Waals surface area contributed by atoms with E-state index in [4.69, 9.17) is 5.11 Å². The van der Waals surface area contributed by atoms with E-state index < -0.39 is 18.0 Å². The molecule has 0 bridgehead atoms. The number of hydrogen-bond donors (Lipinski definition) is 4. The lowest BCUT2D eigenvalue weighted by atomic mass is 10.0. The van der Waals surface area contributed by atoms with E-state index in [1.807, 2.05) is 4.90 Å².